The molecule has 1 aromatic rings. The molecule has 0 spiro atoms. The second-order valence-electron chi connectivity index (χ2n) is 13.5. The maximum atomic E-state index is 14.3. The van der Waals surface area contributed by atoms with E-state index < -0.39 is 24.0 Å². The van der Waals surface area contributed by atoms with Crippen LogP contribution in [0, 0.1) is 18.8 Å². The number of likely N-dealkylation sites (tertiary alicyclic amines) is 1. The average molecular weight is 645 g/mol. The number of benzene rings is 1. The zero-order valence-electron chi connectivity index (χ0n) is 29.1. The van der Waals surface area contributed by atoms with Gasteiger partial charge in [0, 0.05) is 50.1 Å². The van der Waals surface area contributed by atoms with E-state index in [4.69, 9.17) is 14.2 Å². The number of aryl methyl sites for hydroxylation is 1. The summed E-state index contributed by atoms with van der Waals surface area (Å²) < 4.78 is 17.2. The summed E-state index contributed by atoms with van der Waals surface area (Å²) in [6.07, 6.45) is 0.0725. The molecule has 1 unspecified atom stereocenters. The Morgan fingerprint density at radius 3 is 2.35 bits per heavy atom. The molecule has 4 amide bonds. The van der Waals surface area contributed by atoms with Gasteiger partial charge in [0.1, 0.15) is 5.75 Å². The van der Waals surface area contributed by atoms with E-state index in [1.54, 1.807) is 61.5 Å². The number of amides is 4. The molecular formula is C34H52N4O8. The number of esters is 1. The molecule has 46 heavy (non-hydrogen) atoms. The minimum atomic E-state index is -1.12. The molecule has 1 saturated heterocycles. The Bertz CT molecular complexity index is 1310. The van der Waals surface area contributed by atoms with Crippen LogP contribution >= 0.6 is 0 Å². The third-order valence-electron chi connectivity index (χ3n) is 8.24. The van der Waals surface area contributed by atoms with Crippen LogP contribution in [0.1, 0.15) is 97.5 Å². The van der Waals surface area contributed by atoms with Gasteiger partial charge in [-0.05, 0) is 65.2 Å². The summed E-state index contributed by atoms with van der Waals surface area (Å²) in [7, 11) is 0. The number of hydrogen-bond donors (Lipinski definition) is 1. The molecule has 2 heterocycles. The van der Waals surface area contributed by atoms with E-state index in [0.29, 0.717) is 48.4 Å². The summed E-state index contributed by atoms with van der Waals surface area (Å²) in [5.41, 5.74) is 0.465. The first-order valence-electron chi connectivity index (χ1n) is 16.4. The smallest absolute Gasteiger partial charge is 0.412 e. The van der Waals surface area contributed by atoms with Crippen LogP contribution in [0.3, 0.4) is 0 Å². The second kappa shape index (κ2) is 15.2. The van der Waals surface area contributed by atoms with Crippen LogP contribution < -0.4 is 15.0 Å². The highest BCUT2D eigenvalue weighted by Crippen LogP contribution is 2.40. The first kappa shape index (κ1) is 36.6. The van der Waals surface area contributed by atoms with E-state index in [0.717, 1.165) is 0 Å². The van der Waals surface area contributed by atoms with Crippen LogP contribution in [0.4, 0.5) is 10.5 Å². The number of hydrogen-bond acceptors (Lipinski definition) is 8. The Kier molecular flexibility index (Phi) is 12.1. The van der Waals surface area contributed by atoms with Crippen LogP contribution in [0.15, 0.2) is 12.1 Å². The van der Waals surface area contributed by atoms with Gasteiger partial charge in [-0.25, -0.2) is 4.79 Å². The lowest BCUT2D eigenvalue weighted by Crippen LogP contribution is -2.55. The first-order chi connectivity index (χ1) is 21.5. The molecule has 0 radical (unpaired) electrons. The number of carbonyl (C=O) groups is 5. The average Bonchev–Trinajstić information content (AvgIpc) is 2.98. The van der Waals surface area contributed by atoms with Crippen LogP contribution in [0.5, 0.6) is 5.75 Å². The fourth-order valence-electron chi connectivity index (χ4n) is 5.63. The van der Waals surface area contributed by atoms with Gasteiger partial charge in [0.15, 0.2) is 5.60 Å². The fourth-order valence-corrected chi connectivity index (χ4v) is 5.63. The van der Waals surface area contributed by atoms with Gasteiger partial charge >= 0.3 is 12.1 Å². The van der Waals surface area contributed by atoms with Crippen molar-refractivity contribution in [1.82, 2.24) is 15.1 Å². The highest BCUT2D eigenvalue weighted by molar-refractivity contribution is 6.05. The lowest BCUT2D eigenvalue weighted by Gasteiger charge is -2.42. The normalized spacial score (nSPS) is 18.2. The molecule has 1 fully saturated rings. The van der Waals surface area contributed by atoms with Gasteiger partial charge in [-0.2, -0.15) is 0 Å². The monoisotopic (exact) mass is 644 g/mol. The highest BCUT2D eigenvalue weighted by atomic mass is 16.7. The summed E-state index contributed by atoms with van der Waals surface area (Å²) in [4.78, 5) is 70.0. The van der Waals surface area contributed by atoms with E-state index >= 15 is 0 Å². The van der Waals surface area contributed by atoms with Gasteiger partial charge in [-0.1, -0.05) is 34.6 Å². The standard InChI is InChI=1S/C34H52N4O8/c1-11-28(39)35-14-16-37-26-18-25(23(8)17-27(26)46-34(9,10)32(37)42)29(40)38(22(6)7)24-13-12-15-36(19-24)33(43)45-31(21(4)5)44-30(41)20(2)3/h17-18,20-22,24,31H,11-16,19H2,1-10H3,(H,35,39)/t24-,31?/m1/s1. The number of ether oxygens (including phenoxy) is 3. The van der Waals surface area contributed by atoms with Crippen molar-refractivity contribution in [3.05, 3.63) is 23.3 Å². The summed E-state index contributed by atoms with van der Waals surface area (Å²) in [5.74, 6) is -1.17. The second-order valence-corrected chi connectivity index (χ2v) is 13.5. The van der Waals surface area contributed by atoms with Crippen LogP contribution in [0.2, 0.25) is 0 Å². The summed E-state index contributed by atoms with van der Waals surface area (Å²) in [5, 5.41) is 2.81. The fraction of sp³-hybridized carbons (Fsp3) is 0.676. The number of nitrogens with one attached hydrogen (secondary N) is 1. The van der Waals surface area contributed by atoms with Crippen molar-refractivity contribution >= 4 is 35.5 Å². The Morgan fingerprint density at radius 1 is 1.09 bits per heavy atom. The molecule has 2 aliphatic rings. The van der Waals surface area contributed by atoms with Gasteiger partial charge < -0.3 is 34.2 Å². The van der Waals surface area contributed by atoms with Gasteiger partial charge in [0.25, 0.3) is 18.1 Å². The molecule has 0 aromatic heterocycles. The maximum absolute atomic E-state index is 14.3. The van der Waals surface area contributed by atoms with Crippen LogP contribution in [0.25, 0.3) is 0 Å². The van der Waals surface area contributed by atoms with Crippen LogP contribution in [-0.2, 0) is 23.9 Å². The first-order valence-corrected chi connectivity index (χ1v) is 16.4. The number of anilines is 1. The summed E-state index contributed by atoms with van der Waals surface area (Å²) >= 11 is 0. The molecule has 3 rings (SSSR count). The van der Waals surface area contributed by atoms with Crippen molar-refractivity contribution in [2.24, 2.45) is 11.8 Å². The van der Waals surface area contributed by atoms with Crippen LogP contribution in [-0.4, -0.2) is 89.7 Å². The number of nitrogens with zero attached hydrogens (tertiary/aromatic N) is 3. The molecule has 12 heteroatoms. The Balaban J connectivity index is 1.86. The summed E-state index contributed by atoms with van der Waals surface area (Å²) in [6, 6.07) is 2.98. The zero-order valence-corrected chi connectivity index (χ0v) is 29.1. The van der Waals surface area contributed by atoms with Gasteiger partial charge in [0.05, 0.1) is 17.6 Å². The van der Waals surface area contributed by atoms with Crippen molar-refractivity contribution < 1.29 is 38.2 Å². The van der Waals surface area contributed by atoms with E-state index in [2.05, 4.69) is 5.32 Å². The number of piperidine rings is 1. The maximum Gasteiger partial charge on any atom is 0.412 e. The minimum absolute atomic E-state index is 0.116. The van der Waals surface area contributed by atoms with Crippen molar-refractivity contribution in [3.8, 4) is 5.75 Å². The van der Waals surface area contributed by atoms with Crippen molar-refractivity contribution in [3.63, 3.8) is 0 Å². The Hall–Kier alpha value is -3.83. The van der Waals surface area contributed by atoms with E-state index in [9.17, 15) is 24.0 Å². The molecule has 1 aromatic carbocycles. The third-order valence-corrected chi connectivity index (χ3v) is 8.24. The zero-order chi connectivity index (χ0) is 34.5. The largest absolute Gasteiger partial charge is 0.476 e. The molecule has 1 N–H and O–H groups in total. The van der Waals surface area contributed by atoms with Crippen molar-refractivity contribution in [2.75, 3.05) is 31.1 Å². The highest BCUT2D eigenvalue weighted by Gasteiger charge is 2.42. The molecular weight excluding hydrogens is 592 g/mol. The molecule has 0 aliphatic carbocycles. The molecule has 256 valence electrons. The minimum Gasteiger partial charge on any atom is -0.476 e. The van der Waals surface area contributed by atoms with Gasteiger partial charge in [-0.15, -0.1) is 0 Å². The van der Waals surface area contributed by atoms with Gasteiger partial charge in [0.2, 0.25) is 5.91 Å². The molecule has 2 aliphatic heterocycles. The number of carbonyl (C=O) groups excluding carboxylic acids is 5. The van der Waals surface area contributed by atoms with E-state index in [1.165, 1.54) is 0 Å². The lowest BCUT2D eigenvalue weighted by atomic mass is 9.97. The molecule has 0 bridgehead atoms. The quantitative estimate of drug-likeness (QED) is 0.272. The summed E-state index contributed by atoms with van der Waals surface area (Å²) in [6.45, 7) is 19.1. The predicted molar refractivity (Wildman–Crippen MR) is 173 cm³/mol. The number of rotatable bonds is 11. The molecule has 0 saturated carbocycles. The van der Waals surface area contributed by atoms with Crippen molar-refractivity contribution in [2.45, 2.75) is 112 Å². The number of fused-ring (bicyclic) bond motifs is 1. The van der Waals surface area contributed by atoms with Crippen molar-refractivity contribution in [1.29, 1.82) is 0 Å². The topological polar surface area (TPSA) is 135 Å². The Morgan fingerprint density at radius 2 is 1.76 bits per heavy atom. The Labute approximate surface area is 273 Å². The predicted octanol–water partition coefficient (Wildman–Crippen LogP) is 4.66. The van der Waals surface area contributed by atoms with E-state index in [1.807, 2.05) is 34.6 Å². The SMILES string of the molecule is CCC(=O)NCCN1C(=O)C(C)(C)Oc2cc(C)c(C(=O)N(C(C)C)[C@@H]3CCCN(C(=O)OC(OC(=O)C(C)C)C(C)C)C3)cc21. The van der Waals surface area contributed by atoms with Gasteiger partial charge in [-0.3, -0.25) is 19.2 Å². The molecule has 2 atom stereocenters. The third kappa shape index (κ3) is 8.50. The lowest BCUT2D eigenvalue weighted by molar-refractivity contribution is -0.180. The van der Waals surface area contributed by atoms with E-state index in [-0.39, 0.29) is 61.3 Å². The molecule has 12 nitrogen and oxygen atoms in total.